The highest BCUT2D eigenvalue weighted by atomic mass is 79.9. The fraction of sp³-hybridized carbons (Fsp3) is 0.0435. The molecule has 1 N–H and O–H groups in total. The number of allylic oxidation sites excluding steroid dienone is 1. The lowest BCUT2D eigenvalue weighted by Crippen LogP contribution is -1.98. The molecule has 0 saturated carbocycles. The molecule has 0 spiro atoms. The zero-order chi connectivity index (χ0) is 22.7. The molecule has 0 atom stereocenters. The lowest BCUT2D eigenvalue weighted by atomic mass is 10.1. The van der Waals surface area contributed by atoms with Crippen molar-refractivity contribution in [2.24, 2.45) is 0 Å². The molecule has 0 radical (unpaired) electrons. The number of nitro benzene ring substituents is 1. The number of para-hydroxylation sites is 2. The number of benzene rings is 3. The first kappa shape index (κ1) is 21.7. The second-order valence-corrected chi connectivity index (χ2v) is 8.51. The van der Waals surface area contributed by atoms with Gasteiger partial charge in [0.2, 0.25) is 0 Å². The van der Waals surface area contributed by atoms with E-state index in [0.717, 1.165) is 22.2 Å². The smallest absolute Gasteiger partial charge is 0.269 e. The monoisotopic (exact) mass is 552 g/mol. The number of ether oxygens (including phenoxy) is 1. The Morgan fingerprint density at radius 1 is 1.16 bits per heavy atom. The Balaban J connectivity index is 1.56. The number of aromatic nitrogens is 2. The molecule has 0 amide bonds. The number of rotatable bonds is 6. The van der Waals surface area contributed by atoms with Crippen molar-refractivity contribution in [2.45, 2.75) is 6.61 Å². The van der Waals surface area contributed by atoms with Gasteiger partial charge in [0, 0.05) is 12.1 Å². The summed E-state index contributed by atoms with van der Waals surface area (Å²) in [5.74, 6) is 1.09. The number of hydrogen-bond donors (Lipinski definition) is 1. The Kier molecular flexibility index (Phi) is 6.35. The first-order chi connectivity index (χ1) is 15.4. The van der Waals surface area contributed by atoms with Gasteiger partial charge in [-0.3, -0.25) is 10.1 Å². The summed E-state index contributed by atoms with van der Waals surface area (Å²) in [4.78, 5) is 18.0. The zero-order valence-corrected chi connectivity index (χ0v) is 19.6. The number of aromatic amines is 1. The van der Waals surface area contributed by atoms with Crippen LogP contribution in [0.3, 0.4) is 0 Å². The number of halogens is 2. The van der Waals surface area contributed by atoms with Gasteiger partial charge in [-0.1, -0.05) is 12.1 Å². The molecule has 32 heavy (non-hydrogen) atoms. The second-order valence-electron chi connectivity index (χ2n) is 6.80. The van der Waals surface area contributed by atoms with Gasteiger partial charge in [0.05, 0.1) is 30.5 Å². The van der Waals surface area contributed by atoms with E-state index in [2.05, 4.69) is 47.9 Å². The summed E-state index contributed by atoms with van der Waals surface area (Å²) < 4.78 is 7.29. The number of fused-ring (bicyclic) bond motifs is 1. The van der Waals surface area contributed by atoms with E-state index in [1.807, 2.05) is 36.4 Å². The van der Waals surface area contributed by atoms with Crippen LogP contribution in [0.4, 0.5) is 5.69 Å². The average Bonchev–Trinajstić information content (AvgIpc) is 3.21. The summed E-state index contributed by atoms with van der Waals surface area (Å²) in [6.07, 6.45) is 1.74. The normalized spacial score (nSPS) is 11.3. The predicted molar refractivity (Wildman–Crippen MR) is 129 cm³/mol. The van der Waals surface area contributed by atoms with E-state index in [1.54, 1.807) is 18.2 Å². The van der Waals surface area contributed by atoms with Gasteiger partial charge in [0.1, 0.15) is 24.3 Å². The molecule has 0 aliphatic heterocycles. The van der Waals surface area contributed by atoms with E-state index >= 15 is 0 Å². The van der Waals surface area contributed by atoms with Crippen molar-refractivity contribution in [1.82, 2.24) is 9.97 Å². The van der Waals surface area contributed by atoms with Crippen LogP contribution in [0.15, 0.2) is 69.6 Å². The van der Waals surface area contributed by atoms with Crippen molar-refractivity contribution in [1.29, 1.82) is 5.26 Å². The van der Waals surface area contributed by atoms with Gasteiger partial charge in [0.15, 0.2) is 0 Å². The number of nitriles is 1. The van der Waals surface area contributed by atoms with E-state index in [-0.39, 0.29) is 12.3 Å². The van der Waals surface area contributed by atoms with Crippen LogP contribution in [0.25, 0.3) is 22.7 Å². The molecule has 0 aliphatic carbocycles. The van der Waals surface area contributed by atoms with Crippen molar-refractivity contribution in [3.05, 3.63) is 96.7 Å². The fourth-order valence-electron chi connectivity index (χ4n) is 3.07. The van der Waals surface area contributed by atoms with Crippen LogP contribution in [0, 0.1) is 21.4 Å². The van der Waals surface area contributed by atoms with Crippen LogP contribution >= 0.6 is 31.9 Å². The topological polar surface area (TPSA) is 105 Å². The van der Waals surface area contributed by atoms with Crippen LogP contribution in [0.2, 0.25) is 0 Å². The molecule has 4 rings (SSSR count). The van der Waals surface area contributed by atoms with Crippen LogP contribution in [-0.4, -0.2) is 14.9 Å². The molecule has 0 unspecified atom stereocenters. The molecule has 0 saturated heterocycles. The summed E-state index contributed by atoms with van der Waals surface area (Å²) in [5, 5.41) is 20.4. The summed E-state index contributed by atoms with van der Waals surface area (Å²) in [6, 6.07) is 19.7. The Morgan fingerprint density at radius 3 is 2.47 bits per heavy atom. The predicted octanol–water partition coefficient (Wildman–Crippen LogP) is 6.64. The van der Waals surface area contributed by atoms with E-state index in [9.17, 15) is 15.4 Å². The first-order valence-electron chi connectivity index (χ1n) is 9.36. The molecule has 4 aromatic rings. The van der Waals surface area contributed by atoms with Crippen LogP contribution < -0.4 is 4.74 Å². The number of nitro groups is 1. The number of H-pyrrole nitrogens is 1. The van der Waals surface area contributed by atoms with Crippen molar-refractivity contribution >= 4 is 60.2 Å². The van der Waals surface area contributed by atoms with Crippen molar-refractivity contribution < 1.29 is 9.66 Å². The second kappa shape index (κ2) is 9.34. The Morgan fingerprint density at radius 2 is 1.84 bits per heavy atom. The highest BCUT2D eigenvalue weighted by molar-refractivity contribution is 9.11. The number of nitrogens with zero attached hydrogens (tertiary/aromatic N) is 3. The average molecular weight is 554 g/mol. The standard InChI is InChI=1S/C23H14Br2N4O3/c24-18-10-15(9-16(12-26)23-27-20-3-1-2-4-21(20)28-23)11-19(25)22(18)32-13-14-5-7-17(8-6-14)29(30)31/h1-11H,13H2,(H,27,28)/b16-9+. The number of nitrogens with one attached hydrogen (secondary N) is 1. The molecule has 1 aromatic heterocycles. The molecule has 7 nitrogen and oxygen atoms in total. The minimum atomic E-state index is -0.440. The summed E-state index contributed by atoms with van der Waals surface area (Å²) in [5.41, 5.74) is 3.67. The van der Waals surface area contributed by atoms with E-state index in [1.165, 1.54) is 12.1 Å². The SMILES string of the molecule is N#C/C(=C\c1cc(Br)c(OCc2ccc([N+](=O)[O-])cc2)c(Br)c1)c1nc2ccccc2[nH]1. The van der Waals surface area contributed by atoms with Crippen LogP contribution in [0.1, 0.15) is 17.0 Å². The van der Waals surface area contributed by atoms with E-state index in [0.29, 0.717) is 26.1 Å². The number of imidazole rings is 1. The van der Waals surface area contributed by atoms with Gasteiger partial charge in [0.25, 0.3) is 5.69 Å². The Hall–Kier alpha value is -3.48. The molecule has 3 aromatic carbocycles. The van der Waals surface area contributed by atoms with Crippen molar-refractivity contribution in [2.75, 3.05) is 0 Å². The molecular weight excluding hydrogens is 540 g/mol. The molecule has 0 fully saturated rings. The van der Waals surface area contributed by atoms with Gasteiger partial charge in [-0.25, -0.2) is 4.98 Å². The number of non-ortho nitro benzene ring substituents is 1. The van der Waals surface area contributed by atoms with Gasteiger partial charge in [-0.15, -0.1) is 0 Å². The third-order valence-corrected chi connectivity index (χ3v) is 5.80. The lowest BCUT2D eigenvalue weighted by Gasteiger charge is -2.11. The Labute approximate surface area is 199 Å². The minimum Gasteiger partial charge on any atom is -0.487 e. The first-order valence-corrected chi connectivity index (χ1v) is 11.0. The van der Waals surface area contributed by atoms with E-state index < -0.39 is 4.92 Å². The summed E-state index contributed by atoms with van der Waals surface area (Å²) in [7, 11) is 0. The maximum Gasteiger partial charge on any atom is 0.269 e. The molecule has 9 heteroatoms. The van der Waals surface area contributed by atoms with Crippen molar-refractivity contribution in [3.63, 3.8) is 0 Å². The van der Waals surface area contributed by atoms with Gasteiger partial charge in [-0.2, -0.15) is 5.26 Å². The fourth-order valence-corrected chi connectivity index (χ4v) is 4.52. The van der Waals surface area contributed by atoms with Crippen LogP contribution in [-0.2, 0) is 6.61 Å². The summed E-state index contributed by atoms with van der Waals surface area (Å²) in [6.45, 7) is 0.243. The molecular formula is C23H14Br2N4O3. The molecule has 0 aliphatic rings. The third kappa shape index (κ3) is 4.72. The number of hydrogen-bond acceptors (Lipinski definition) is 5. The largest absolute Gasteiger partial charge is 0.487 e. The van der Waals surface area contributed by atoms with E-state index in [4.69, 9.17) is 4.74 Å². The lowest BCUT2D eigenvalue weighted by molar-refractivity contribution is -0.384. The van der Waals surface area contributed by atoms with Gasteiger partial charge in [-0.05, 0) is 85.5 Å². The van der Waals surface area contributed by atoms with Crippen LogP contribution in [0.5, 0.6) is 5.75 Å². The maximum absolute atomic E-state index is 10.8. The summed E-state index contributed by atoms with van der Waals surface area (Å²) >= 11 is 7.04. The molecule has 0 bridgehead atoms. The van der Waals surface area contributed by atoms with Gasteiger partial charge < -0.3 is 9.72 Å². The molecule has 158 valence electrons. The van der Waals surface area contributed by atoms with Crippen molar-refractivity contribution in [3.8, 4) is 11.8 Å². The Bertz CT molecular complexity index is 1330. The van der Waals surface area contributed by atoms with Gasteiger partial charge >= 0.3 is 0 Å². The zero-order valence-electron chi connectivity index (χ0n) is 16.4. The highest BCUT2D eigenvalue weighted by Crippen LogP contribution is 2.36. The molecule has 1 heterocycles. The third-order valence-electron chi connectivity index (χ3n) is 4.63. The minimum absolute atomic E-state index is 0.0324. The maximum atomic E-state index is 10.8. The quantitative estimate of drug-likeness (QED) is 0.164. The highest BCUT2D eigenvalue weighted by Gasteiger charge is 2.12.